The van der Waals surface area contributed by atoms with Gasteiger partial charge in [-0.3, -0.25) is 0 Å². The second-order valence-electron chi connectivity index (χ2n) is 4.84. The molecule has 1 aliphatic carbocycles. The van der Waals surface area contributed by atoms with E-state index in [9.17, 15) is 8.42 Å². The van der Waals surface area contributed by atoms with Crippen LogP contribution in [-0.2, 0) is 14.6 Å². The minimum Gasteiger partial charge on any atom is -0.373 e. The van der Waals surface area contributed by atoms with Crippen LogP contribution in [-0.4, -0.2) is 37.5 Å². The standard InChI is InChI=1S/C9H13BrO3S/c10-5-8-3-7(8)4-13-9(8)1-2-14(11,12)6-9/h7H,1-6H2. The Balaban J connectivity index is 1.99. The Morgan fingerprint density at radius 1 is 1.50 bits per heavy atom. The Hall–Kier alpha value is 0.390. The number of hydrogen-bond donors (Lipinski definition) is 0. The SMILES string of the molecule is O=S1(=O)CCC2(C1)OCC1CC12CBr. The van der Waals surface area contributed by atoms with Gasteiger partial charge in [-0.25, -0.2) is 8.42 Å². The third-order valence-corrected chi connectivity index (χ3v) is 6.94. The molecule has 2 saturated heterocycles. The maximum atomic E-state index is 11.5. The first kappa shape index (κ1) is 9.60. The molecule has 0 aromatic rings. The van der Waals surface area contributed by atoms with Crippen LogP contribution in [0.15, 0.2) is 0 Å². The van der Waals surface area contributed by atoms with Crippen molar-refractivity contribution in [2.24, 2.45) is 11.3 Å². The predicted molar refractivity (Wildman–Crippen MR) is 56.3 cm³/mol. The lowest BCUT2D eigenvalue weighted by atomic mass is 9.85. The Kier molecular flexibility index (Phi) is 1.75. The van der Waals surface area contributed by atoms with E-state index in [0.29, 0.717) is 18.1 Å². The fourth-order valence-corrected chi connectivity index (χ4v) is 6.38. The molecular formula is C9H13BrO3S. The summed E-state index contributed by atoms with van der Waals surface area (Å²) in [6.45, 7) is 0.765. The third kappa shape index (κ3) is 0.985. The van der Waals surface area contributed by atoms with Gasteiger partial charge in [-0.1, -0.05) is 15.9 Å². The zero-order valence-electron chi connectivity index (χ0n) is 7.83. The molecule has 0 radical (unpaired) electrons. The zero-order chi connectivity index (χ0) is 10.0. The summed E-state index contributed by atoms with van der Waals surface area (Å²) in [5, 5.41) is 0.889. The lowest BCUT2D eigenvalue weighted by Crippen LogP contribution is -2.41. The summed E-state index contributed by atoms with van der Waals surface area (Å²) in [6, 6.07) is 0. The Morgan fingerprint density at radius 2 is 2.29 bits per heavy atom. The average Bonchev–Trinajstić information content (AvgIpc) is 2.69. The molecule has 3 rings (SSSR count). The monoisotopic (exact) mass is 280 g/mol. The fourth-order valence-electron chi connectivity index (χ4n) is 3.17. The lowest BCUT2D eigenvalue weighted by Gasteiger charge is -2.31. The van der Waals surface area contributed by atoms with Crippen molar-refractivity contribution in [1.29, 1.82) is 0 Å². The predicted octanol–water partition coefficient (Wildman–Crippen LogP) is 0.975. The van der Waals surface area contributed by atoms with Gasteiger partial charge < -0.3 is 4.74 Å². The van der Waals surface area contributed by atoms with E-state index in [1.165, 1.54) is 0 Å². The number of sulfone groups is 1. The van der Waals surface area contributed by atoms with Gasteiger partial charge in [0.15, 0.2) is 9.84 Å². The van der Waals surface area contributed by atoms with Crippen molar-refractivity contribution in [2.45, 2.75) is 18.4 Å². The van der Waals surface area contributed by atoms with E-state index in [-0.39, 0.29) is 16.8 Å². The maximum Gasteiger partial charge on any atom is 0.153 e. The van der Waals surface area contributed by atoms with Gasteiger partial charge in [0.2, 0.25) is 0 Å². The summed E-state index contributed by atoms with van der Waals surface area (Å²) in [7, 11) is -2.84. The largest absolute Gasteiger partial charge is 0.373 e. The van der Waals surface area contributed by atoms with Crippen LogP contribution in [0.4, 0.5) is 0 Å². The highest BCUT2D eigenvalue weighted by molar-refractivity contribution is 9.09. The average molecular weight is 281 g/mol. The Bertz CT molecular complexity index is 376. The van der Waals surface area contributed by atoms with Gasteiger partial charge in [-0.2, -0.15) is 0 Å². The zero-order valence-corrected chi connectivity index (χ0v) is 10.2. The van der Waals surface area contributed by atoms with E-state index in [1.54, 1.807) is 0 Å². The molecule has 5 heteroatoms. The summed E-state index contributed by atoms with van der Waals surface area (Å²) in [4.78, 5) is 0. The second kappa shape index (κ2) is 2.55. The van der Waals surface area contributed by atoms with Crippen molar-refractivity contribution in [3.63, 3.8) is 0 Å². The first-order chi connectivity index (χ1) is 6.54. The molecule has 3 atom stereocenters. The molecule has 0 aromatic carbocycles. The van der Waals surface area contributed by atoms with Crippen LogP contribution in [0.2, 0.25) is 0 Å². The molecule has 14 heavy (non-hydrogen) atoms. The fraction of sp³-hybridized carbons (Fsp3) is 1.00. The normalized spacial score (nSPS) is 53.6. The van der Waals surface area contributed by atoms with Crippen LogP contribution in [0.5, 0.6) is 0 Å². The van der Waals surface area contributed by atoms with Gasteiger partial charge in [0.1, 0.15) is 0 Å². The number of hydrogen-bond acceptors (Lipinski definition) is 3. The molecule has 3 fully saturated rings. The van der Waals surface area contributed by atoms with Gasteiger partial charge in [0.05, 0.1) is 23.7 Å². The van der Waals surface area contributed by atoms with Crippen molar-refractivity contribution in [3.8, 4) is 0 Å². The van der Waals surface area contributed by atoms with Crippen molar-refractivity contribution in [3.05, 3.63) is 0 Å². The van der Waals surface area contributed by atoms with Gasteiger partial charge in [0.25, 0.3) is 0 Å². The van der Waals surface area contributed by atoms with Gasteiger partial charge in [-0.15, -0.1) is 0 Å². The van der Waals surface area contributed by atoms with Crippen molar-refractivity contribution >= 4 is 25.8 Å². The van der Waals surface area contributed by atoms with Crippen LogP contribution < -0.4 is 0 Å². The molecule has 3 nitrogen and oxygen atoms in total. The van der Waals surface area contributed by atoms with E-state index in [4.69, 9.17) is 4.74 Å². The van der Waals surface area contributed by atoms with Crippen molar-refractivity contribution in [2.75, 3.05) is 23.4 Å². The molecular weight excluding hydrogens is 268 g/mol. The van der Waals surface area contributed by atoms with Crippen LogP contribution in [0.1, 0.15) is 12.8 Å². The third-order valence-electron chi connectivity index (χ3n) is 4.21. The molecule has 0 N–H and O–H groups in total. The first-order valence-corrected chi connectivity index (χ1v) is 7.88. The quantitative estimate of drug-likeness (QED) is 0.673. The van der Waals surface area contributed by atoms with Crippen molar-refractivity contribution in [1.82, 2.24) is 0 Å². The number of ether oxygens (including phenoxy) is 1. The molecule has 0 aromatic heterocycles. The number of alkyl halides is 1. The van der Waals surface area contributed by atoms with Crippen LogP contribution in [0.3, 0.4) is 0 Å². The van der Waals surface area contributed by atoms with E-state index < -0.39 is 9.84 Å². The molecule has 2 aliphatic heterocycles. The summed E-state index contributed by atoms with van der Waals surface area (Å²) < 4.78 is 28.8. The minimum absolute atomic E-state index is 0.149. The van der Waals surface area contributed by atoms with E-state index in [2.05, 4.69) is 15.9 Å². The van der Waals surface area contributed by atoms with Gasteiger partial charge in [-0.05, 0) is 18.8 Å². The van der Waals surface area contributed by atoms with E-state index >= 15 is 0 Å². The second-order valence-corrected chi connectivity index (χ2v) is 7.58. The molecule has 2 heterocycles. The van der Waals surface area contributed by atoms with Crippen LogP contribution in [0, 0.1) is 11.3 Å². The number of halogens is 1. The topological polar surface area (TPSA) is 43.4 Å². The Labute approximate surface area is 92.2 Å². The van der Waals surface area contributed by atoms with Crippen LogP contribution >= 0.6 is 15.9 Å². The summed E-state index contributed by atoms with van der Waals surface area (Å²) in [5.41, 5.74) is -0.184. The molecule has 0 amide bonds. The summed E-state index contributed by atoms with van der Waals surface area (Å²) in [5.74, 6) is 1.17. The Morgan fingerprint density at radius 3 is 2.79 bits per heavy atom. The van der Waals surface area contributed by atoms with E-state index in [0.717, 1.165) is 18.4 Å². The lowest BCUT2D eigenvalue weighted by molar-refractivity contribution is -0.0263. The molecule has 3 unspecified atom stereocenters. The molecule has 0 bridgehead atoms. The summed E-state index contributed by atoms with van der Waals surface area (Å²) in [6.07, 6.45) is 1.85. The molecule has 3 aliphatic rings. The van der Waals surface area contributed by atoms with Gasteiger partial charge in [0, 0.05) is 10.7 Å². The molecule has 1 saturated carbocycles. The first-order valence-electron chi connectivity index (χ1n) is 4.94. The van der Waals surface area contributed by atoms with Gasteiger partial charge >= 0.3 is 0 Å². The van der Waals surface area contributed by atoms with E-state index in [1.807, 2.05) is 0 Å². The molecule has 1 spiro atoms. The maximum absolute atomic E-state index is 11.5. The minimum atomic E-state index is -2.84. The summed E-state index contributed by atoms with van der Waals surface area (Å²) >= 11 is 3.52. The highest BCUT2D eigenvalue weighted by Crippen LogP contribution is 2.68. The van der Waals surface area contributed by atoms with Crippen LogP contribution in [0.25, 0.3) is 0 Å². The smallest absolute Gasteiger partial charge is 0.153 e. The van der Waals surface area contributed by atoms with Crippen molar-refractivity contribution < 1.29 is 13.2 Å². The number of rotatable bonds is 1. The highest BCUT2D eigenvalue weighted by atomic mass is 79.9. The number of fused-ring (bicyclic) bond motifs is 2. The molecule has 80 valence electrons. The highest BCUT2D eigenvalue weighted by Gasteiger charge is 2.73.